The molecule has 0 aliphatic carbocycles. The van der Waals surface area contributed by atoms with E-state index in [-0.39, 0.29) is 27.4 Å². The van der Waals surface area contributed by atoms with E-state index in [1.807, 2.05) is 13.8 Å². The van der Waals surface area contributed by atoms with Gasteiger partial charge in [-0.2, -0.15) is 4.98 Å². The summed E-state index contributed by atoms with van der Waals surface area (Å²) in [6, 6.07) is 0. The number of aromatic nitrogens is 2. The van der Waals surface area contributed by atoms with E-state index in [0.29, 0.717) is 19.8 Å². The maximum Gasteiger partial charge on any atom is 0.358 e. The Bertz CT molecular complexity index is 552. The molecule has 7 nitrogen and oxygen atoms in total. The van der Waals surface area contributed by atoms with Crippen LogP contribution in [0, 0.1) is 0 Å². The SMILES string of the molecule is CCN(OC[C@]1(C)CO1)c1nc(Cl)nc(C(=O)OC)c1Cl. The lowest BCUT2D eigenvalue weighted by Crippen LogP contribution is -2.30. The summed E-state index contributed by atoms with van der Waals surface area (Å²) in [5.41, 5.74) is -0.396. The Morgan fingerprint density at radius 3 is 2.67 bits per heavy atom. The summed E-state index contributed by atoms with van der Waals surface area (Å²) in [7, 11) is 1.23. The normalized spacial score (nSPS) is 20.2. The third-order valence-corrected chi connectivity index (χ3v) is 3.39. The molecule has 21 heavy (non-hydrogen) atoms. The molecule has 0 saturated carbocycles. The van der Waals surface area contributed by atoms with Gasteiger partial charge in [0.1, 0.15) is 17.2 Å². The van der Waals surface area contributed by atoms with E-state index < -0.39 is 5.97 Å². The largest absolute Gasteiger partial charge is 0.464 e. The maximum absolute atomic E-state index is 11.6. The molecule has 9 heteroatoms. The Balaban J connectivity index is 2.27. The Kier molecular flexibility index (Phi) is 4.88. The molecule has 0 aromatic carbocycles. The molecule has 0 radical (unpaired) electrons. The molecule has 0 unspecified atom stereocenters. The van der Waals surface area contributed by atoms with Gasteiger partial charge in [-0.3, -0.25) is 4.84 Å². The summed E-state index contributed by atoms with van der Waals surface area (Å²) in [5.74, 6) is -0.483. The molecule has 1 atom stereocenters. The first kappa shape index (κ1) is 16.2. The zero-order valence-corrected chi connectivity index (χ0v) is 13.4. The average molecular weight is 336 g/mol. The molecule has 116 valence electrons. The number of rotatable bonds is 6. The topological polar surface area (TPSA) is 77.1 Å². The molecule has 0 bridgehead atoms. The third-order valence-electron chi connectivity index (χ3n) is 2.87. The van der Waals surface area contributed by atoms with Crippen molar-refractivity contribution in [3.05, 3.63) is 16.0 Å². The van der Waals surface area contributed by atoms with Crippen LogP contribution in [0.3, 0.4) is 0 Å². The van der Waals surface area contributed by atoms with Crippen LogP contribution >= 0.6 is 23.2 Å². The second kappa shape index (κ2) is 6.31. The van der Waals surface area contributed by atoms with E-state index in [9.17, 15) is 4.79 Å². The van der Waals surface area contributed by atoms with Gasteiger partial charge in [0.2, 0.25) is 5.28 Å². The monoisotopic (exact) mass is 335 g/mol. The van der Waals surface area contributed by atoms with Crippen LogP contribution in [-0.2, 0) is 14.3 Å². The van der Waals surface area contributed by atoms with Crippen LogP contribution in [0.1, 0.15) is 24.3 Å². The average Bonchev–Trinajstić information content (AvgIpc) is 3.19. The summed E-state index contributed by atoms with van der Waals surface area (Å²) in [4.78, 5) is 25.1. The van der Waals surface area contributed by atoms with Gasteiger partial charge in [-0.25, -0.2) is 14.8 Å². The molecular weight excluding hydrogens is 321 g/mol. The highest BCUT2D eigenvalue weighted by atomic mass is 35.5. The molecule has 2 rings (SSSR count). The van der Waals surface area contributed by atoms with E-state index >= 15 is 0 Å². The number of hydrogen-bond acceptors (Lipinski definition) is 7. The molecule has 0 N–H and O–H groups in total. The maximum atomic E-state index is 11.6. The van der Waals surface area contributed by atoms with E-state index in [1.165, 1.54) is 12.2 Å². The number of carbonyl (C=O) groups is 1. The molecule has 1 fully saturated rings. The minimum atomic E-state index is -0.695. The van der Waals surface area contributed by atoms with Gasteiger partial charge in [-0.05, 0) is 25.4 Å². The predicted molar refractivity (Wildman–Crippen MR) is 76.7 cm³/mol. The van der Waals surface area contributed by atoms with Crippen molar-refractivity contribution in [2.24, 2.45) is 0 Å². The molecule has 1 saturated heterocycles. The van der Waals surface area contributed by atoms with Crippen LogP contribution in [-0.4, -0.2) is 48.4 Å². The third kappa shape index (κ3) is 3.74. The van der Waals surface area contributed by atoms with Crippen molar-refractivity contribution in [2.75, 3.05) is 31.9 Å². The Labute approximate surface area is 132 Å². The lowest BCUT2D eigenvalue weighted by molar-refractivity contribution is 0.0590. The van der Waals surface area contributed by atoms with Crippen LogP contribution in [0.4, 0.5) is 5.82 Å². The number of methoxy groups -OCH3 is 1. The van der Waals surface area contributed by atoms with Crippen LogP contribution in [0.15, 0.2) is 0 Å². The summed E-state index contributed by atoms with van der Waals surface area (Å²) in [5, 5.41) is 1.34. The fraction of sp³-hybridized carbons (Fsp3) is 0.583. The zero-order valence-electron chi connectivity index (χ0n) is 11.9. The van der Waals surface area contributed by atoms with Gasteiger partial charge < -0.3 is 9.47 Å². The molecule has 1 aromatic rings. The number of hydrogen-bond donors (Lipinski definition) is 0. The van der Waals surface area contributed by atoms with Crippen LogP contribution in [0.25, 0.3) is 0 Å². The molecule has 1 aromatic heterocycles. The van der Waals surface area contributed by atoms with Crippen molar-refractivity contribution in [3.8, 4) is 0 Å². The summed E-state index contributed by atoms with van der Waals surface area (Å²) < 4.78 is 9.86. The molecule has 1 aliphatic rings. The van der Waals surface area contributed by atoms with Crippen LogP contribution < -0.4 is 5.06 Å². The van der Waals surface area contributed by atoms with Crippen molar-refractivity contribution in [1.82, 2.24) is 9.97 Å². The first-order valence-electron chi connectivity index (χ1n) is 6.26. The number of carbonyl (C=O) groups excluding carboxylic acids is 1. The van der Waals surface area contributed by atoms with Crippen LogP contribution in [0.2, 0.25) is 10.3 Å². The van der Waals surface area contributed by atoms with Crippen molar-refractivity contribution < 1.29 is 19.1 Å². The summed E-state index contributed by atoms with van der Waals surface area (Å²) in [6.45, 7) is 5.20. The smallest absolute Gasteiger partial charge is 0.358 e. The number of nitrogens with zero attached hydrogens (tertiary/aromatic N) is 3. The minimum Gasteiger partial charge on any atom is -0.464 e. The summed E-state index contributed by atoms with van der Waals surface area (Å²) in [6.07, 6.45) is 0. The Morgan fingerprint density at radius 1 is 1.48 bits per heavy atom. The van der Waals surface area contributed by atoms with Crippen molar-refractivity contribution in [3.63, 3.8) is 0 Å². The highest BCUT2D eigenvalue weighted by Crippen LogP contribution is 2.31. The fourth-order valence-electron chi connectivity index (χ4n) is 1.53. The highest BCUT2D eigenvalue weighted by Gasteiger charge is 2.40. The van der Waals surface area contributed by atoms with Gasteiger partial charge in [-0.15, -0.1) is 0 Å². The van der Waals surface area contributed by atoms with Gasteiger partial charge in [0.15, 0.2) is 11.5 Å². The van der Waals surface area contributed by atoms with Gasteiger partial charge in [0.05, 0.1) is 13.7 Å². The highest BCUT2D eigenvalue weighted by molar-refractivity contribution is 6.36. The lowest BCUT2D eigenvalue weighted by Gasteiger charge is -2.23. The Hall–Kier alpha value is -1.15. The second-order valence-electron chi connectivity index (χ2n) is 4.68. The minimum absolute atomic E-state index is 0.0231. The first-order valence-corrected chi connectivity index (χ1v) is 7.01. The quantitative estimate of drug-likeness (QED) is 0.341. The second-order valence-corrected chi connectivity index (χ2v) is 5.39. The first-order chi connectivity index (χ1) is 9.90. The predicted octanol–water partition coefficient (Wildman–Crippen LogP) is 2.12. The molecule has 0 spiro atoms. The fourth-order valence-corrected chi connectivity index (χ4v) is 1.95. The number of esters is 1. The molecule has 1 aliphatic heterocycles. The number of halogens is 2. The molecule has 0 amide bonds. The Morgan fingerprint density at radius 2 is 2.14 bits per heavy atom. The van der Waals surface area contributed by atoms with Crippen LogP contribution in [0.5, 0.6) is 0 Å². The van der Waals surface area contributed by atoms with Gasteiger partial charge in [0, 0.05) is 6.54 Å². The molecule has 2 heterocycles. The number of epoxide rings is 1. The number of anilines is 1. The van der Waals surface area contributed by atoms with Crippen molar-refractivity contribution in [2.45, 2.75) is 19.4 Å². The van der Waals surface area contributed by atoms with E-state index in [0.717, 1.165) is 0 Å². The van der Waals surface area contributed by atoms with Gasteiger partial charge >= 0.3 is 5.97 Å². The standard InChI is InChI=1S/C12H15Cl2N3O4/c1-4-17(21-6-12(2)5-20-12)9-7(13)8(10(18)19-3)15-11(14)16-9/h4-6H2,1-3H3/t12-/m0/s1. The van der Waals surface area contributed by atoms with Crippen molar-refractivity contribution in [1.29, 1.82) is 0 Å². The summed E-state index contributed by atoms with van der Waals surface area (Å²) >= 11 is 12.0. The van der Waals surface area contributed by atoms with E-state index in [2.05, 4.69) is 14.7 Å². The number of ether oxygens (including phenoxy) is 2. The zero-order chi connectivity index (χ0) is 15.6. The van der Waals surface area contributed by atoms with Crippen molar-refractivity contribution >= 4 is 35.0 Å². The van der Waals surface area contributed by atoms with Gasteiger partial charge in [0.25, 0.3) is 0 Å². The lowest BCUT2D eigenvalue weighted by atomic mass is 10.2. The van der Waals surface area contributed by atoms with E-state index in [4.69, 9.17) is 32.8 Å². The molecular formula is C12H15Cl2N3O4. The van der Waals surface area contributed by atoms with Gasteiger partial charge in [-0.1, -0.05) is 11.6 Å². The number of hydroxylamine groups is 1. The van der Waals surface area contributed by atoms with E-state index in [1.54, 1.807) is 0 Å².